The smallest absolute Gasteiger partial charge is 0.341 e. The van der Waals surface area contributed by atoms with Crippen molar-refractivity contribution in [2.45, 2.75) is 24.7 Å². The minimum absolute atomic E-state index is 0.110. The van der Waals surface area contributed by atoms with E-state index >= 15 is 0 Å². The molecule has 4 heteroatoms. The van der Waals surface area contributed by atoms with E-state index in [9.17, 15) is 9.90 Å². The SMILES string of the molecule is COc1nc2cc(C34CC(C3)C4)ccc2cc1C(=O)O. The van der Waals surface area contributed by atoms with Crippen molar-refractivity contribution in [2.24, 2.45) is 5.92 Å². The third kappa shape index (κ3) is 1.42. The van der Waals surface area contributed by atoms with Crippen LogP contribution in [0.25, 0.3) is 10.9 Å². The van der Waals surface area contributed by atoms with Crippen molar-refractivity contribution in [1.82, 2.24) is 4.98 Å². The molecule has 3 fully saturated rings. The number of carbonyl (C=O) groups is 1. The van der Waals surface area contributed by atoms with Crippen LogP contribution in [0.15, 0.2) is 24.3 Å². The number of carboxylic acids is 1. The Bertz CT molecular complexity index is 721. The second-order valence-electron chi connectivity index (χ2n) is 6.02. The largest absolute Gasteiger partial charge is 0.480 e. The van der Waals surface area contributed by atoms with Gasteiger partial charge in [0, 0.05) is 5.39 Å². The van der Waals surface area contributed by atoms with Crippen molar-refractivity contribution in [2.75, 3.05) is 7.11 Å². The monoisotopic (exact) mass is 269 g/mol. The summed E-state index contributed by atoms with van der Waals surface area (Å²) < 4.78 is 5.10. The average molecular weight is 269 g/mol. The lowest BCUT2D eigenvalue weighted by Gasteiger charge is -2.62. The van der Waals surface area contributed by atoms with Crippen LogP contribution in [0.1, 0.15) is 35.2 Å². The van der Waals surface area contributed by atoms with Crippen molar-refractivity contribution in [3.8, 4) is 5.88 Å². The van der Waals surface area contributed by atoms with E-state index in [0.29, 0.717) is 5.41 Å². The first-order valence-electron chi connectivity index (χ1n) is 6.84. The van der Waals surface area contributed by atoms with Crippen LogP contribution in [0, 0.1) is 5.92 Å². The summed E-state index contributed by atoms with van der Waals surface area (Å²) in [5.74, 6) is 0.0991. The van der Waals surface area contributed by atoms with E-state index in [0.717, 1.165) is 16.8 Å². The molecule has 4 nitrogen and oxygen atoms in total. The number of ether oxygens (including phenoxy) is 1. The summed E-state index contributed by atoms with van der Waals surface area (Å²) in [5.41, 5.74) is 2.65. The zero-order valence-electron chi connectivity index (χ0n) is 11.2. The molecule has 1 heterocycles. The summed E-state index contributed by atoms with van der Waals surface area (Å²) in [4.78, 5) is 15.6. The molecule has 5 rings (SSSR count). The number of aromatic carboxylic acids is 1. The van der Waals surface area contributed by atoms with E-state index in [4.69, 9.17) is 4.74 Å². The summed E-state index contributed by atoms with van der Waals surface area (Å²) >= 11 is 0. The number of aromatic nitrogens is 1. The summed E-state index contributed by atoms with van der Waals surface area (Å²) in [6.45, 7) is 0. The number of nitrogens with zero attached hydrogens (tertiary/aromatic N) is 1. The van der Waals surface area contributed by atoms with Gasteiger partial charge in [0.25, 0.3) is 0 Å². The molecule has 1 N–H and O–H groups in total. The summed E-state index contributed by atoms with van der Waals surface area (Å²) in [7, 11) is 1.45. The van der Waals surface area contributed by atoms with Gasteiger partial charge in [-0.2, -0.15) is 0 Å². The van der Waals surface area contributed by atoms with E-state index in [1.165, 1.54) is 31.9 Å². The van der Waals surface area contributed by atoms with Gasteiger partial charge in [-0.15, -0.1) is 0 Å². The lowest BCUT2D eigenvalue weighted by Crippen LogP contribution is -2.55. The lowest BCUT2D eigenvalue weighted by atomic mass is 9.42. The van der Waals surface area contributed by atoms with Gasteiger partial charge in [-0.3, -0.25) is 0 Å². The Balaban J connectivity index is 1.85. The maximum atomic E-state index is 11.2. The Morgan fingerprint density at radius 1 is 1.35 bits per heavy atom. The highest BCUT2D eigenvalue weighted by Crippen LogP contribution is 2.65. The molecule has 0 saturated heterocycles. The number of rotatable bonds is 3. The van der Waals surface area contributed by atoms with Gasteiger partial charge < -0.3 is 9.84 Å². The fraction of sp³-hybridized carbons (Fsp3) is 0.375. The van der Waals surface area contributed by atoms with Gasteiger partial charge >= 0.3 is 5.97 Å². The second kappa shape index (κ2) is 3.72. The van der Waals surface area contributed by atoms with Crippen LogP contribution in [0.4, 0.5) is 0 Å². The zero-order chi connectivity index (χ0) is 13.9. The molecule has 2 aromatic rings. The standard InChI is InChI=1S/C16H15NO3/c1-20-14-12(15(18)19)4-10-2-3-11(5-13(10)17-14)16-6-9(7-16)8-16/h2-5,9H,6-8H2,1H3,(H,18,19). The fourth-order valence-electron chi connectivity index (χ4n) is 3.62. The van der Waals surface area contributed by atoms with Crippen molar-refractivity contribution >= 4 is 16.9 Å². The highest BCUT2D eigenvalue weighted by atomic mass is 16.5. The number of fused-ring (bicyclic) bond motifs is 1. The predicted molar refractivity (Wildman–Crippen MR) is 74.3 cm³/mol. The van der Waals surface area contributed by atoms with Crippen molar-refractivity contribution < 1.29 is 14.6 Å². The average Bonchev–Trinajstić information content (AvgIpc) is 2.33. The summed E-state index contributed by atoms with van der Waals surface area (Å²) in [6.07, 6.45) is 3.88. The van der Waals surface area contributed by atoms with E-state index in [-0.39, 0.29) is 11.4 Å². The lowest BCUT2D eigenvalue weighted by molar-refractivity contribution is -0.0273. The maximum absolute atomic E-state index is 11.2. The van der Waals surface area contributed by atoms with Crippen LogP contribution in [0.5, 0.6) is 5.88 Å². The van der Waals surface area contributed by atoms with Crippen molar-refractivity contribution in [1.29, 1.82) is 0 Å². The molecule has 1 aromatic heterocycles. The molecule has 2 bridgehead atoms. The molecule has 0 unspecified atom stereocenters. The first kappa shape index (κ1) is 11.7. The molecule has 3 saturated carbocycles. The number of pyridine rings is 1. The topological polar surface area (TPSA) is 59.4 Å². The highest BCUT2D eigenvalue weighted by molar-refractivity contribution is 5.95. The van der Waals surface area contributed by atoms with Crippen LogP contribution in [0.2, 0.25) is 0 Å². The predicted octanol–water partition coefficient (Wildman–Crippen LogP) is 2.99. The Morgan fingerprint density at radius 2 is 2.10 bits per heavy atom. The fourth-order valence-corrected chi connectivity index (χ4v) is 3.62. The number of hydrogen-bond donors (Lipinski definition) is 1. The van der Waals surface area contributed by atoms with E-state index in [1.54, 1.807) is 6.07 Å². The molecule has 0 atom stereocenters. The Kier molecular flexibility index (Phi) is 2.18. The third-order valence-electron chi connectivity index (χ3n) is 4.86. The van der Waals surface area contributed by atoms with Gasteiger partial charge in [-0.05, 0) is 48.3 Å². The molecular weight excluding hydrogens is 254 g/mol. The maximum Gasteiger partial charge on any atom is 0.341 e. The van der Waals surface area contributed by atoms with Gasteiger partial charge in [0.15, 0.2) is 0 Å². The van der Waals surface area contributed by atoms with E-state index in [2.05, 4.69) is 17.1 Å². The third-order valence-corrected chi connectivity index (χ3v) is 4.86. The Hall–Kier alpha value is -2.10. The van der Waals surface area contributed by atoms with Crippen LogP contribution in [-0.4, -0.2) is 23.2 Å². The minimum atomic E-state index is -1.01. The number of carboxylic acid groups (broad SMARTS) is 1. The Morgan fingerprint density at radius 3 is 2.65 bits per heavy atom. The summed E-state index contributed by atoms with van der Waals surface area (Å²) in [5, 5.41) is 10.0. The van der Waals surface area contributed by atoms with E-state index < -0.39 is 5.97 Å². The zero-order valence-corrected chi connectivity index (χ0v) is 11.2. The first-order valence-corrected chi connectivity index (χ1v) is 6.84. The van der Waals surface area contributed by atoms with Crippen LogP contribution in [0.3, 0.4) is 0 Å². The molecule has 3 aliphatic carbocycles. The number of methoxy groups -OCH3 is 1. The van der Waals surface area contributed by atoms with Gasteiger partial charge in [0.2, 0.25) is 5.88 Å². The molecule has 0 spiro atoms. The molecule has 20 heavy (non-hydrogen) atoms. The Labute approximate surface area is 116 Å². The van der Waals surface area contributed by atoms with Gasteiger partial charge in [-0.1, -0.05) is 12.1 Å². The van der Waals surface area contributed by atoms with Gasteiger partial charge in [0.1, 0.15) is 5.56 Å². The molecular formula is C16H15NO3. The van der Waals surface area contributed by atoms with Gasteiger partial charge in [0.05, 0.1) is 12.6 Å². The minimum Gasteiger partial charge on any atom is -0.480 e. The molecule has 1 aromatic carbocycles. The van der Waals surface area contributed by atoms with E-state index in [1.807, 2.05) is 6.07 Å². The summed E-state index contributed by atoms with van der Waals surface area (Å²) in [6, 6.07) is 7.83. The van der Waals surface area contributed by atoms with Crippen LogP contribution < -0.4 is 4.74 Å². The second-order valence-corrected chi connectivity index (χ2v) is 6.02. The number of hydrogen-bond acceptors (Lipinski definition) is 3. The van der Waals surface area contributed by atoms with Crippen LogP contribution in [-0.2, 0) is 5.41 Å². The molecule has 0 aliphatic heterocycles. The number of benzene rings is 1. The molecule has 102 valence electrons. The van der Waals surface area contributed by atoms with Crippen molar-refractivity contribution in [3.05, 3.63) is 35.4 Å². The molecule has 3 aliphatic rings. The highest BCUT2D eigenvalue weighted by Gasteiger charge is 2.57. The normalized spacial score (nSPS) is 26.8. The van der Waals surface area contributed by atoms with Crippen molar-refractivity contribution in [3.63, 3.8) is 0 Å². The molecule has 0 amide bonds. The van der Waals surface area contributed by atoms with Gasteiger partial charge in [-0.25, -0.2) is 9.78 Å². The van der Waals surface area contributed by atoms with Crippen LogP contribution >= 0.6 is 0 Å². The first-order chi connectivity index (χ1) is 9.61. The molecule has 0 radical (unpaired) electrons. The quantitative estimate of drug-likeness (QED) is 0.930.